The van der Waals surface area contributed by atoms with E-state index in [1.165, 1.54) is 17.7 Å². The van der Waals surface area contributed by atoms with Crippen LogP contribution in [0.2, 0.25) is 0 Å². The van der Waals surface area contributed by atoms with Crippen molar-refractivity contribution in [1.29, 1.82) is 0 Å². The van der Waals surface area contributed by atoms with Crippen LogP contribution < -0.4 is 11.3 Å². The highest BCUT2D eigenvalue weighted by molar-refractivity contribution is 7.99. The Balaban J connectivity index is 1.97. The van der Waals surface area contributed by atoms with Crippen LogP contribution in [0.5, 0.6) is 0 Å². The van der Waals surface area contributed by atoms with Crippen LogP contribution in [0.25, 0.3) is 0 Å². The first kappa shape index (κ1) is 12.6. The second-order valence-corrected chi connectivity index (χ2v) is 5.42. The van der Waals surface area contributed by atoms with E-state index in [1.807, 2.05) is 17.5 Å². The summed E-state index contributed by atoms with van der Waals surface area (Å²) in [6.45, 7) is 0. The molecule has 0 radical (unpaired) electrons. The van der Waals surface area contributed by atoms with E-state index < -0.39 is 0 Å². The molecule has 2 aromatic rings. The molecule has 0 saturated carbocycles. The van der Waals surface area contributed by atoms with E-state index in [-0.39, 0.29) is 11.9 Å². The van der Waals surface area contributed by atoms with Crippen molar-refractivity contribution < 1.29 is 4.39 Å². The standard InChI is InChI=1S/C12H13FN2S2/c13-10-2-1-3-11(6-10)17-8-12(15-14)9-4-5-16-7-9/h1-7,12,15H,8,14H2. The highest BCUT2D eigenvalue weighted by Gasteiger charge is 2.10. The van der Waals surface area contributed by atoms with Gasteiger partial charge in [-0.3, -0.25) is 11.3 Å². The van der Waals surface area contributed by atoms with Crippen LogP contribution >= 0.6 is 23.1 Å². The van der Waals surface area contributed by atoms with Gasteiger partial charge < -0.3 is 0 Å². The average Bonchev–Trinajstić information content (AvgIpc) is 2.84. The van der Waals surface area contributed by atoms with Gasteiger partial charge in [0, 0.05) is 10.6 Å². The van der Waals surface area contributed by atoms with Crippen LogP contribution in [0.15, 0.2) is 46.0 Å². The van der Waals surface area contributed by atoms with Gasteiger partial charge >= 0.3 is 0 Å². The molecular formula is C12H13FN2S2. The first-order valence-corrected chi connectivity index (χ1v) is 7.09. The van der Waals surface area contributed by atoms with E-state index in [1.54, 1.807) is 29.2 Å². The summed E-state index contributed by atoms with van der Waals surface area (Å²) >= 11 is 3.23. The van der Waals surface area contributed by atoms with Gasteiger partial charge in [-0.25, -0.2) is 4.39 Å². The summed E-state index contributed by atoms with van der Waals surface area (Å²) < 4.78 is 13.0. The van der Waals surface area contributed by atoms with Crippen molar-refractivity contribution >= 4 is 23.1 Å². The molecule has 0 amide bonds. The van der Waals surface area contributed by atoms with Crippen LogP contribution in [0.1, 0.15) is 11.6 Å². The Morgan fingerprint density at radius 3 is 2.94 bits per heavy atom. The molecule has 1 aromatic heterocycles. The van der Waals surface area contributed by atoms with E-state index in [4.69, 9.17) is 5.84 Å². The Morgan fingerprint density at radius 1 is 1.41 bits per heavy atom. The number of thioether (sulfide) groups is 1. The van der Waals surface area contributed by atoms with Crippen LogP contribution in [0.3, 0.4) is 0 Å². The lowest BCUT2D eigenvalue weighted by molar-refractivity contribution is 0.611. The molecule has 3 N–H and O–H groups in total. The third-order valence-electron chi connectivity index (χ3n) is 2.36. The zero-order valence-electron chi connectivity index (χ0n) is 9.10. The number of hydrogen-bond donors (Lipinski definition) is 2. The summed E-state index contributed by atoms with van der Waals surface area (Å²) in [5.74, 6) is 6.09. The minimum absolute atomic E-state index is 0.0921. The monoisotopic (exact) mass is 268 g/mol. The second-order valence-electron chi connectivity index (χ2n) is 3.54. The highest BCUT2D eigenvalue weighted by atomic mass is 32.2. The van der Waals surface area contributed by atoms with Crippen molar-refractivity contribution in [3.8, 4) is 0 Å². The minimum atomic E-state index is -0.206. The Morgan fingerprint density at radius 2 is 2.29 bits per heavy atom. The maximum atomic E-state index is 13.0. The number of hydrazine groups is 1. The molecule has 0 saturated heterocycles. The number of benzene rings is 1. The molecule has 0 bridgehead atoms. The molecule has 1 aromatic carbocycles. The summed E-state index contributed by atoms with van der Waals surface area (Å²) in [6, 6.07) is 8.73. The first-order valence-electron chi connectivity index (χ1n) is 5.16. The summed E-state index contributed by atoms with van der Waals surface area (Å²) in [5, 5.41) is 4.09. The Labute approximate surface area is 108 Å². The molecule has 0 aliphatic carbocycles. The van der Waals surface area contributed by atoms with Crippen molar-refractivity contribution in [2.45, 2.75) is 10.9 Å². The Hall–Kier alpha value is -0.880. The number of hydrogen-bond acceptors (Lipinski definition) is 4. The maximum absolute atomic E-state index is 13.0. The molecule has 0 fully saturated rings. The fourth-order valence-electron chi connectivity index (χ4n) is 1.45. The molecule has 2 rings (SSSR count). The number of halogens is 1. The molecule has 0 spiro atoms. The zero-order valence-corrected chi connectivity index (χ0v) is 10.7. The number of rotatable bonds is 5. The molecule has 0 aliphatic rings. The lowest BCUT2D eigenvalue weighted by Gasteiger charge is -2.13. The highest BCUT2D eigenvalue weighted by Crippen LogP contribution is 2.25. The van der Waals surface area contributed by atoms with E-state index in [2.05, 4.69) is 10.8 Å². The largest absolute Gasteiger partial charge is 0.271 e. The van der Waals surface area contributed by atoms with E-state index in [0.717, 1.165) is 10.6 Å². The van der Waals surface area contributed by atoms with Gasteiger partial charge in [0.05, 0.1) is 6.04 Å². The molecule has 5 heteroatoms. The summed E-state index contributed by atoms with van der Waals surface area (Å²) in [7, 11) is 0. The zero-order chi connectivity index (χ0) is 12.1. The molecule has 17 heavy (non-hydrogen) atoms. The number of nitrogens with two attached hydrogens (primary N) is 1. The normalized spacial score (nSPS) is 12.6. The first-order chi connectivity index (χ1) is 8.29. The van der Waals surface area contributed by atoms with Crippen LogP contribution in [0.4, 0.5) is 4.39 Å². The lowest BCUT2D eigenvalue weighted by atomic mass is 10.2. The van der Waals surface area contributed by atoms with Gasteiger partial charge in [0.2, 0.25) is 0 Å². The molecule has 1 unspecified atom stereocenters. The molecule has 1 heterocycles. The molecule has 2 nitrogen and oxygen atoms in total. The number of thiophene rings is 1. The van der Waals surface area contributed by atoms with Gasteiger partial charge in [-0.2, -0.15) is 11.3 Å². The molecule has 90 valence electrons. The molecule has 0 aliphatic heterocycles. The van der Waals surface area contributed by atoms with Gasteiger partial charge in [0.15, 0.2) is 0 Å². The van der Waals surface area contributed by atoms with Crippen molar-refractivity contribution in [2.75, 3.05) is 5.75 Å². The average molecular weight is 268 g/mol. The van der Waals surface area contributed by atoms with E-state index >= 15 is 0 Å². The van der Waals surface area contributed by atoms with Gasteiger partial charge in [-0.15, -0.1) is 11.8 Å². The van der Waals surface area contributed by atoms with Crippen molar-refractivity contribution in [1.82, 2.24) is 5.43 Å². The Kier molecular flexibility index (Phi) is 4.56. The van der Waals surface area contributed by atoms with Gasteiger partial charge in [-0.1, -0.05) is 6.07 Å². The van der Waals surface area contributed by atoms with Gasteiger partial charge in [0.25, 0.3) is 0 Å². The third-order valence-corrected chi connectivity index (χ3v) is 4.15. The van der Waals surface area contributed by atoms with Crippen molar-refractivity contribution in [2.24, 2.45) is 5.84 Å². The lowest BCUT2D eigenvalue weighted by Crippen LogP contribution is -2.29. The fourth-order valence-corrected chi connectivity index (χ4v) is 3.18. The molecule has 1 atom stereocenters. The number of nitrogens with one attached hydrogen (secondary N) is 1. The van der Waals surface area contributed by atoms with Crippen LogP contribution in [-0.4, -0.2) is 5.75 Å². The summed E-state index contributed by atoms with van der Waals surface area (Å²) in [6.07, 6.45) is 0. The van der Waals surface area contributed by atoms with E-state index in [0.29, 0.717) is 0 Å². The summed E-state index contributed by atoms with van der Waals surface area (Å²) in [5.41, 5.74) is 3.95. The summed E-state index contributed by atoms with van der Waals surface area (Å²) in [4.78, 5) is 0.917. The quantitative estimate of drug-likeness (QED) is 0.497. The predicted octanol–water partition coefficient (Wildman–Crippen LogP) is 3.18. The van der Waals surface area contributed by atoms with Crippen LogP contribution in [-0.2, 0) is 0 Å². The maximum Gasteiger partial charge on any atom is 0.124 e. The minimum Gasteiger partial charge on any atom is -0.271 e. The van der Waals surface area contributed by atoms with Crippen molar-refractivity contribution in [3.63, 3.8) is 0 Å². The molecular weight excluding hydrogens is 255 g/mol. The fraction of sp³-hybridized carbons (Fsp3) is 0.167. The van der Waals surface area contributed by atoms with Crippen molar-refractivity contribution in [3.05, 3.63) is 52.5 Å². The predicted molar refractivity (Wildman–Crippen MR) is 71.5 cm³/mol. The van der Waals surface area contributed by atoms with E-state index in [9.17, 15) is 4.39 Å². The second kappa shape index (κ2) is 6.16. The Bertz CT molecular complexity index is 459. The smallest absolute Gasteiger partial charge is 0.124 e. The topological polar surface area (TPSA) is 38.0 Å². The van der Waals surface area contributed by atoms with Gasteiger partial charge in [0.1, 0.15) is 5.82 Å². The van der Waals surface area contributed by atoms with Crippen LogP contribution in [0, 0.1) is 5.82 Å². The SMILES string of the molecule is NNC(CSc1cccc(F)c1)c1ccsc1. The third kappa shape index (κ3) is 3.54. The van der Waals surface area contributed by atoms with Gasteiger partial charge in [-0.05, 0) is 40.6 Å².